The Morgan fingerprint density at radius 1 is 1.55 bits per heavy atom. The Kier molecular flexibility index (Phi) is 7.61. The Balaban J connectivity index is 2.12. The molecule has 7 heteroatoms. The number of nitrogens with one attached hydrogen (secondary N) is 1. The number of carboxylic acids is 1. The topological polar surface area (TPSA) is 79.3 Å². The fourth-order valence-electron chi connectivity index (χ4n) is 1.55. The predicted molar refractivity (Wildman–Crippen MR) is 82.1 cm³/mol. The lowest BCUT2D eigenvalue weighted by atomic mass is 10.1. The van der Waals surface area contributed by atoms with Crippen LogP contribution in [0.15, 0.2) is 5.38 Å². The minimum Gasteiger partial charge on any atom is -0.481 e. The minimum atomic E-state index is -0.860. The van der Waals surface area contributed by atoms with Crippen LogP contribution in [-0.4, -0.2) is 34.3 Å². The molecule has 0 saturated carbocycles. The first-order valence-electron chi connectivity index (χ1n) is 6.51. The summed E-state index contributed by atoms with van der Waals surface area (Å²) in [5.74, 6) is 0.0775. The summed E-state index contributed by atoms with van der Waals surface area (Å²) in [5, 5.41) is 14.6. The first kappa shape index (κ1) is 17.0. The van der Waals surface area contributed by atoms with Gasteiger partial charge in [0.2, 0.25) is 5.91 Å². The van der Waals surface area contributed by atoms with E-state index in [-0.39, 0.29) is 12.5 Å². The van der Waals surface area contributed by atoms with Crippen LogP contribution >= 0.6 is 23.1 Å². The Labute approximate surface area is 127 Å². The summed E-state index contributed by atoms with van der Waals surface area (Å²) in [6, 6.07) is 0. The normalized spacial score (nSPS) is 12.1. The highest BCUT2D eigenvalue weighted by molar-refractivity contribution is 7.98. The molecule has 1 atom stereocenters. The van der Waals surface area contributed by atoms with Crippen LogP contribution in [0.25, 0.3) is 0 Å². The van der Waals surface area contributed by atoms with Crippen molar-refractivity contribution < 1.29 is 14.7 Å². The van der Waals surface area contributed by atoms with E-state index in [9.17, 15) is 9.59 Å². The molecule has 1 aromatic rings. The molecule has 1 heterocycles. The number of amides is 1. The van der Waals surface area contributed by atoms with Crippen molar-refractivity contribution in [3.63, 3.8) is 0 Å². The van der Waals surface area contributed by atoms with Crippen LogP contribution in [0.2, 0.25) is 0 Å². The SMILES string of the molecule is CCC(CNC(=O)CCSCc1csc(C)n1)C(=O)O. The molecule has 1 rings (SSSR count). The molecule has 2 N–H and O–H groups in total. The van der Waals surface area contributed by atoms with Crippen LogP contribution in [0.5, 0.6) is 0 Å². The van der Waals surface area contributed by atoms with Gasteiger partial charge in [-0.25, -0.2) is 4.98 Å². The van der Waals surface area contributed by atoms with E-state index in [0.717, 1.165) is 16.5 Å². The van der Waals surface area contributed by atoms with Crippen molar-refractivity contribution in [2.75, 3.05) is 12.3 Å². The Bertz CT molecular complexity index is 449. The second-order valence-electron chi connectivity index (χ2n) is 4.41. The standard InChI is InChI=1S/C13H20N2O3S2/c1-3-10(13(17)18)6-14-12(16)4-5-19-7-11-8-20-9(2)15-11/h8,10H,3-7H2,1-2H3,(H,14,16)(H,17,18). The summed E-state index contributed by atoms with van der Waals surface area (Å²) in [7, 11) is 0. The van der Waals surface area contributed by atoms with Gasteiger partial charge in [0.25, 0.3) is 0 Å². The van der Waals surface area contributed by atoms with Crippen molar-refractivity contribution in [1.29, 1.82) is 0 Å². The van der Waals surface area contributed by atoms with E-state index in [2.05, 4.69) is 10.3 Å². The monoisotopic (exact) mass is 316 g/mol. The molecular weight excluding hydrogens is 296 g/mol. The maximum atomic E-state index is 11.6. The Morgan fingerprint density at radius 2 is 2.30 bits per heavy atom. The van der Waals surface area contributed by atoms with E-state index in [1.54, 1.807) is 30.0 Å². The number of nitrogens with zero attached hydrogens (tertiary/aromatic N) is 1. The first-order chi connectivity index (χ1) is 9.52. The molecular formula is C13H20N2O3S2. The molecule has 0 radical (unpaired) electrons. The van der Waals surface area contributed by atoms with Crippen molar-refractivity contribution in [3.05, 3.63) is 16.1 Å². The van der Waals surface area contributed by atoms with Crippen LogP contribution in [0.3, 0.4) is 0 Å². The summed E-state index contributed by atoms with van der Waals surface area (Å²) < 4.78 is 0. The van der Waals surface area contributed by atoms with Crippen LogP contribution in [0.1, 0.15) is 30.5 Å². The number of aryl methyl sites for hydroxylation is 1. The maximum absolute atomic E-state index is 11.6. The Morgan fingerprint density at radius 3 is 2.85 bits per heavy atom. The molecule has 0 aliphatic carbocycles. The molecule has 0 aliphatic heterocycles. The van der Waals surface area contributed by atoms with Gasteiger partial charge in [0.15, 0.2) is 0 Å². The number of hydrogen-bond acceptors (Lipinski definition) is 5. The Hall–Kier alpha value is -1.08. The average molecular weight is 316 g/mol. The van der Waals surface area contributed by atoms with E-state index in [1.165, 1.54) is 0 Å². The summed E-state index contributed by atoms with van der Waals surface area (Å²) >= 11 is 3.29. The van der Waals surface area contributed by atoms with Crippen molar-refractivity contribution in [2.45, 2.75) is 32.4 Å². The van der Waals surface area contributed by atoms with Gasteiger partial charge in [-0.05, 0) is 13.3 Å². The van der Waals surface area contributed by atoms with Crippen molar-refractivity contribution in [2.24, 2.45) is 5.92 Å². The largest absolute Gasteiger partial charge is 0.481 e. The molecule has 1 aromatic heterocycles. The highest BCUT2D eigenvalue weighted by Crippen LogP contribution is 2.15. The van der Waals surface area contributed by atoms with Gasteiger partial charge in [0.1, 0.15) is 0 Å². The van der Waals surface area contributed by atoms with Gasteiger partial charge in [-0.15, -0.1) is 11.3 Å². The quantitative estimate of drug-likeness (QED) is 0.683. The van der Waals surface area contributed by atoms with Crippen LogP contribution in [-0.2, 0) is 15.3 Å². The van der Waals surface area contributed by atoms with Crippen molar-refractivity contribution >= 4 is 35.0 Å². The van der Waals surface area contributed by atoms with E-state index < -0.39 is 11.9 Å². The number of hydrogen-bond donors (Lipinski definition) is 2. The summed E-state index contributed by atoms with van der Waals surface area (Å²) in [6.45, 7) is 3.98. The third-order valence-corrected chi connectivity index (χ3v) is 4.59. The second kappa shape index (κ2) is 8.97. The van der Waals surface area contributed by atoms with E-state index in [4.69, 9.17) is 5.11 Å². The molecule has 0 aromatic carbocycles. The molecule has 20 heavy (non-hydrogen) atoms. The highest BCUT2D eigenvalue weighted by atomic mass is 32.2. The number of thiazole rings is 1. The summed E-state index contributed by atoms with van der Waals surface area (Å²) in [4.78, 5) is 26.7. The number of carbonyl (C=O) groups is 2. The van der Waals surface area contributed by atoms with Gasteiger partial charge in [0, 0.05) is 29.9 Å². The molecule has 5 nitrogen and oxygen atoms in total. The fourth-order valence-corrected chi connectivity index (χ4v) is 3.10. The van der Waals surface area contributed by atoms with Gasteiger partial charge < -0.3 is 10.4 Å². The molecule has 0 bridgehead atoms. The third-order valence-electron chi connectivity index (χ3n) is 2.78. The summed E-state index contributed by atoms with van der Waals surface area (Å²) in [6.07, 6.45) is 0.928. The molecule has 1 unspecified atom stereocenters. The number of thioether (sulfide) groups is 1. The van der Waals surface area contributed by atoms with Gasteiger partial charge in [0.05, 0.1) is 16.6 Å². The molecule has 0 aliphatic rings. The lowest BCUT2D eigenvalue weighted by molar-refractivity contribution is -0.141. The zero-order valence-electron chi connectivity index (χ0n) is 11.7. The van der Waals surface area contributed by atoms with Crippen molar-refractivity contribution in [3.8, 4) is 0 Å². The maximum Gasteiger partial charge on any atom is 0.308 e. The number of aliphatic carboxylic acids is 1. The van der Waals surface area contributed by atoms with Gasteiger partial charge in [-0.1, -0.05) is 6.92 Å². The number of aromatic nitrogens is 1. The molecule has 0 spiro atoms. The molecule has 0 fully saturated rings. The van der Waals surface area contributed by atoms with Crippen LogP contribution in [0, 0.1) is 12.8 Å². The lowest BCUT2D eigenvalue weighted by Gasteiger charge is -2.10. The minimum absolute atomic E-state index is 0.0911. The van der Waals surface area contributed by atoms with E-state index >= 15 is 0 Å². The number of carboxylic acid groups (broad SMARTS) is 1. The smallest absolute Gasteiger partial charge is 0.308 e. The van der Waals surface area contributed by atoms with Crippen LogP contribution < -0.4 is 5.32 Å². The predicted octanol–water partition coefficient (Wildman–Crippen LogP) is 2.30. The lowest BCUT2D eigenvalue weighted by Crippen LogP contribution is -2.32. The van der Waals surface area contributed by atoms with Gasteiger partial charge in [-0.3, -0.25) is 9.59 Å². The zero-order valence-corrected chi connectivity index (χ0v) is 13.4. The highest BCUT2D eigenvalue weighted by Gasteiger charge is 2.15. The molecule has 1 amide bonds. The number of rotatable bonds is 9. The third kappa shape index (κ3) is 6.38. The van der Waals surface area contributed by atoms with Gasteiger partial charge in [-0.2, -0.15) is 11.8 Å². The molecule has 112 valence electrons. The summed E-state index contributed by atoms with van der Waals surface area (Å²) in [5.41, 5.74) is 1.05. The van der Waals surface area contributed by atoms with Gasteiger partial charge >= 0.3 is 5.97 Å². The molecule has 0 saturated heterocycles. The van der Waals surface area contributed by atoms with Crippen LogP contribution in [0.4, 0.5) is 0 Å². The average Bonchev–Trinajstić information content (AvgIpc) is 2.81. The zero-order chi connectivity index (χ0) is 15.0. The van der Waals surface area contributed by atoms with Crippen molar-refractivity contribution in [1.82, 2.24) is 10.3 Å². The number of carbonyl (C=O) groups excluding carboxylic acids is 1. The second-order valence-corrected chi connectivity index (χ2v) is 6.58. The first-order valence-corrected chi connectivity index (χ1v) is 8.54. The van der Waals surface area contributed by atoms with E-state index in [0.29, 0.717) is 18.6 Å². The van der Waals surface area contributed by atoms with E-state index in [1.807, 2.05) is 12.3 Å². The fraction of sp³-hybridized carbons (Fsp3) is 0.615.